The van der Waals surface area contributed by atoms with Crippen molar-refractivity contribution in [2.24, 2.45) is 0 Å². The zero-order valence-electron chi connectivity index (χ0n) is 41.9. The highest BCUT2D eigenvalue weighted by Crippen LogP contribution is 2.47. The van der Waals surface area contributed by atoms with Gasteiger partial charge in [0.1, 0.15) is 16.8 Å². The fourth-order valence-corrected chi connectivity index (χ4v) is 15.0. The fourth-order valence-electron chi connectivity index (χ4n) is 10.2. The number of piperazine rings is 2. The van der Waals surface area contributed by atoms with Gasteiger partial charge in [-0.05, 0) is 97.8 Å². The lowest BCUT2D eigenvalue weighted by molar-refractivity contribution is -0.124. The van der Waals surface area contributed by atoms with E-state index < -0.39 is 42.9 Å². The van der Waals surface area contributed by atoms with E-state index in [0.717, 1.165) is 20.1 Å². The number of aromatic hydroxyl groups is 1. The number of nitrogens with zero attached hydrogens (tertiary/aromatic N) is 10. The van der Waals surface area contributed by atoms with Crippen LogP contribution < -0.4 is 15.1 Å². The van der Waals surface area contributed by atoms with E-state index in [1.807, 2.05) is 48.5 Å². The third kappa shape index (κ3) is 10.7. The largest absolute Gasteiger partial charge is 0.505 e. The highest BCUT2D eigenvalue weighted by molar-refractivity contribution is 9.10. The molecule has 0 radical (unpaired) electrons. The van der Waals surface area contributed by atoms with Crippen molar-refractivity contribution in [1.29, 1.82) is 0 Å². The van der Waals surface area contributed by atoms with Crippen LogP contribution in [-0.2, 0) is 53.6 Å². The summed E-state index contributed by atoms with van der Waals surface area (Å²) in [6.07, 6.45) is 4.42. The average molecular weight is 1320 g/mol. The summed E-state index contributed by atoms with van der Waals surface area (Å²) in [5.74, 6) is -1.13. The molecular formula is C52H47Br2Cl4N11O8S2. The van der Waals surface area contributed by atoms with Crippen LogP contribution in [0.15, 0.2) is 135 Å². The third-order valence-corrected chi connectivity index (χ3v) is 19.7. The van der Waals surface area contributed by atoms with E-state index >= 15 is 0 Å². The first-order valence-electron chi connectivity index (χ1n) is 24.4. The topological polar surface area (TPSA) is 216 Å². The van der Waals surface area contributed by atoms with Crippen molar-refractivity contribution in [2.75, 3.05) is 62.2 Å². The van der Waals surface area contributed by atoms with E-state index in [0.29, 0.717) is 57.6 Å². The van der Waals surface area contributed by atoms with Crippen LogP contribution in [0.25, 0.3) is 0 Å². The summed E-state index contributed by atoms with van der Waals surface area (Å²) in [6, 6.07) is 27.4. The molecule has 4 aliphatic rings. The monoisotopic (exact) mass is 1320 g/mol. The number of carbonyl (C=O) groups is 3. The van der Waals surface area contributed by atoms with Gasteiger partial charge in [-0.2, -0.15) is 8.61 Å². The van der Waals surface area contributed by atoms with Crippen molar-refractivity contribution < 1.29 is 36.3 Å². The zero-order chi connectivity index (χ0) is 56.3. The Kier molecular flexibility index (Phi) is 15.9. The number of carbonyl (C=O) groups excluding carboxylic acids is 3. The molecule has 7 aromatic rings. The van der Waals surface area contributed by atoms with Crippen molar-refractivity contribution in [1.82, 2.24) is 42.9 Å². The SMILES string of the molecule is C[C@@]1(Cc2ccc(Br)cc2)C(=O)N(c2cc(Cl)cc(Cl)c2)c2ncc(S(=O)(=O)N3CCN(C(=O)c4ncccc4O)CC3)n21.C[C@@]1(Cc2ccc(Br)cc2)C(=O)N(c2cc(Cl)cc(Cl)c2)c2ncc(S(=O)(=O)N3CCNCC3)n21. The molecule has 0 bridgehead atoms. The molecule has 79 heavy (non-hydrogen) atoms. The molecule has 3 amide bonds. The summed E-state index contributed by atoms with van der Waals surface area (Å²) in [5.41, 5.74) is -0.280. The molecule has 7 heterocycles. The van der Waals surface area contributed by atoms with Gasteiger partial charge in [0.25, 0.3) is 37.8 Å². The summed E-state index contributed by atoms with van der Waals surface area (Å²) < 4.78 is 63.3. The van der Waals surface area contributed by atoms with Crippen molar-refractivity contribution >= 4 is 139 Å². The lowest BCUT2D eigenvalue weighted by Crippen LogP contribution is -2.51. The van der Waals surface area contributed by atoms with Gasteiger partial charge in [0, 0.05) is 100 Å². The minimum Gasteiger partial charge on any atom is -0.505 e. The van der Waals surface area contributed by atoms with Crippen LogP contribution in [0.2, 0.25) is 20.1 Å². The minimum atomic E-state index is -4.19. The number of benzene rings is 4. The van der Waals surface area contributed by atoms with E-state index in [9.17, 15) is 36.3 Å². The molecule has 3 aromatic heterocycles. The predicted molar refractivity (Wildman–Crippen MR) is 307 cm³/mol. The van der Waals surface area contributed by atoms with Crippen molar-refractivity contribution in [3.05, 3.63) is 162 Å². The number of fused-ring (bicyclic) bond motifs is 2. The first kappa shape index (κ1) is 56.8. The molecule has 0 aliphatic carbocycles. The van der Waals surface area contributed by atoms with Gasteiger partial charge in [-0.3, -0.25) is 23.5 Å². The molecular weight excluding hydrogens is 1270 g/mol. The van der Waals surface area contributed by atoms with Crippen LogP contribution in [0, 0.1) is 0 Å². The van der Waals surface area contributed by atoms with Gasteiger partial charge in [0.15, 0.2) is 15.7 Å². The maximum atomic E-state index is 14.3. The molecule has 2 N–H and O–H groups in total. The smallest absolute Gasteiger partial charge is 0.276 e. The Balaban J connectivity index is 0.000000183. The molecule has 2 saturated heterocycles. The molecule has 2 fully saturated rings. The van der Waals surface area contributed by atoms with Crippen molar-refractivity contribution in [3.8, 4) is 5.75 Å². The molecule has 27 heteroatoms. The Bertz CT molecular complexity index is 3750. The Hall–Kier alpha value is -5.44. The lowest BCUT2D eigenvalue weighted by Gasteiger charge is -2.34. The van der Waals surface area contributed by atoms with E-state index in [4.69, 9.17) is 46.4 Å². The molecule has 11 rings (SSSR count). The molecule has 0 saturated carbocycles. The molecule has 0 unspecified atom stereocenters. The normalized spacial score (nSPS) is 19.8. The highest BCUT2D eigenvalue weighted by atomic mass is 79.9. The second kappa shape index (κ2) is 22.1. The minimum absolute atomic E-state index is 0.00678. The maximum absolute atomic E-state index is 14.3. The second-order valence-electron chi connectivity index (χ2n) is 19.4. The fraction of sp³-hybridized carbons (Fsp3) is 0.269. The summed E-state index contributed by atoms with van der Waals surface area (Å²) in [5, 5.41) is 14.4. The number of aromatic nitrogens is 5. The predicted octanol–water partition coefficient (Wildman–Crippen LogP) is 9.02. The van der Waals surface area contributed by atoms with E-state index in [2.05, 4.69) is 52.1 Å². The van der Waals surface area contributed by atoms with Gasteiger partial charge in [0.2, 0.25) is 11.9 Å². The van der Waals surface area contributed by atoms with Crippen LogP contribution in [0.1, 0.15) is 35.5 Å². The van der Waals surface area contributed by atoms with Crippen LogP contribution in [0.4, 0.5) is 23.3 Å². The van der Waals surface area contributed by atoms with Gasteiger partial charge in [-0.1, -0.05) is 103 Å². The summed E-state index contributed by atoms with van der Waals surface area (Å²) in [6.45, 7) is 5.37. The maximum Gasteiger partial charge on any atom is 0.276 e. The number of imidazole rings is 2. The van der Waals surface area contributed by atoms with Gasteiger partial charge in [-0.25, -0.2) is 41.6 Å². The number of hydrogen-bond donors (Lipinski definition) is 2. The van der Waals surface area contributed by atoms with Gasteiger partial charge in [0.05, 0.1) is 23.8 Å². The third-order valence-electron chi connectivity index (χ3n) is 14.1. The van der Waals surface area contributed by atoms with Gasteiger partial charge in [-0.15, -0.1) is 0 Å². The van der Waals surface area contributed by atoms with Crippen LogP contribution in [-0.4, -0.2) is 130 Å². The first-order valence-corrected chi connectivity index (χ1v) is 30.4. The van der Waals surface area contributed by atoms with E-state index in [1.54, 1.807) is 48.7 Å². The number of amides is 3. The number of pyridine rings is 1. The Morgan fingerprint density at radius 3 is 1.42 bits per heavy atom. The van der Waals surface area contributed by atoms with E-state index in [-0.39, 0.29) is 78.3 Å². The second-order valence-corrected chi connectivity index (χ2v) is 26.7. The lowest BCUT2D eigenvalue weighted by atomic mass is 9.92. The highest BCUT2D eigenvalue weighted by Gasteiger charge is 2.54. The molecule has 4 aromatic carbocycles. The van der Waals surface area contributed by atoms with Crippen LogP contribution in [0.5, 0.6) is 5.75 Å². The van der Waals surface area contributed by atoms with Gasteiger partial charge >= 0.3 is 0 Å². The number of hydrogen-bond acceptors (Lipinski definition) is 12. The van der Waals surface area contributed by atoms with E-state index in [1.165, 1.54) is 64.7 Å². The molecule has 2 atom stereocenters. The molecule has 412 valence electrons. The number of halogens is 6. The number of rotatable bonds is 11. The number of nitrogens with one attached hydrogen (secondary N) is 1. The van der Waals surface area contributed by atoms with Crippen LogP contribution >= 0.6 is 78.3 Å². The van der Waals surface area contributed by atoms with Crippen molar-refractivity contribution in [2.45, 2.75) is 47.8 Å². The summed E-state index contributed by atoms with van der Waals surface area (Å²) in [7, 11) is -8.09. The molecule has 4 aliphatic heterocycles. The quantitative estimate of drug-likeness (QED) is 0.124. The number of sulfonamides is 2. The average Bonchev–Trinajstić information content (AvgIpc) is 4.38. The summed E-state index contributed by atoms with van der Waals surface area (Å²) in [4.78, 5) is 58.3. The van der Waals surface area contributed by atoms with Crippen LogP contribution in [0.3, 0.4) is 0 Å². The Labute approximate surface area is 492 Å². The Morgan fingerprint density at radius 2 is 1.01 bits per heavy atom. The Morgan fingerprint density at radius 1 is 0.608 bits per heavy atom. The number of anilines is 4. The summed E-state index contributed by atoms with van der Waals surface area (Å²) >= 11 is 31.9. The first-order chi connectivity index (χ1) is 37.5. The molecule has 19 nitrogen and oxygen atoms in total. The van der Waals surface area contributed by atoms with Gasteiger partial charge < -0.3 is 15.3 Å². The molecule has 0 spiro atoms. The zero-order valence-corrected chi connectivity index (χ0v) is 49.7. The van der Waals surface area contributed by atoms with Crippen molar-refractivity contribution in [3.63, 3.8) is 0 Å². The standard InChI is InChI=1S/C29H25BrCl2N6O5S.C23H22BrCl2N5O3S/c1-29(16-18-4-6-19(30)7-5-18)27(41)37(22-14-20(31)13-21(32)15-22)28-34-17-24(38(28)29)44(42,43)36-11-9-35(10-12-36)26(40)25-23(39)3-2-8-33-25;1-23(13-15-2-4-16(24)5-3-15)21(32)30(19-11-17(25)10-18(26)12-19)22-28-14-20(31(22)23)35(33,34)29-8-6-27-7-9-29/h2-8,13-15,17,39H,9-12,16H2,1H3;2-5,10-12,14,27H,6-9,13H2,1H3/t29-;23-/m11/s1.